The van der Waals surface area contributed by atoms with Gasteiger partial charge in [-0.2, -0.15) is 0 Å². The van der Waals surface area contributed by atoms with Crippen LogP contribution in [0.3, 0.4) is 0 Å². The molecule has 0 unspecified atom stereocenters. The van der Waals surface area contributed by atoms with Gasteiger partial charge in [0.2, 0.25) is 0 Å². The van der Waals surface area contributed by atoms with Crippen molar-refractivity contribution >= 4 is 12.0 Å². The Kier molecular flexibility index (Phi) is 5.83. The van der Waals surface area contributed by atoms with E-state index in [1.165, 1.54) is 0 Å². The lowest BCUT2D eigenvalue weighted by molar-refractivity contribution is -0.140. The summed E-state index contributed by atoms with van der Waals surface area (Å²) in [6.45, 7) is 3.77. The number of carbonyl (C=O) groups is 2. The van der Waals surface area contributed by atoms with Gasteiger partial charge in [0.15, 0.2) is 0 Å². The molecule has 0 aliphatic carbocycles. The lowest BCUT2D eigenvalue weighted by Crippen LogP contribution is -2.48. The highest BCUT2D eigenvalue weighted by Crippen LogP contribution is 2.12. The first-order chi connectivity index (χ1) is 9.43. The Balaban J connectivity index is 2.52. The number of carboxylic acids is 1. The highest BCUT2D eigenvalue weighted by molar-refractivity contribution is 5.82. The molecule has 6 heteroatoms. The number of methoxy groups -OCH3 is 1. The number of aliphatic carboxylic acids is 1. The fourth-order valence-electron chi connectivity index (χ4n) is 1.67. The Morgan fingerprint density at radius 1 is 1.35 bits per heavy atom. The Bertz CT molecular complexity index is 474. The van der Waals surface area contributed by atoms with Crippen molar-refractivity contribution in [3.05, 3.63) is 29.8 Å². The molecule has 1 atom stereocenters. The zero-order valence-corrected chi connectivity index (χ0v) is 11.8. The molecule has 0 bridgehead atoms. The van der Waals surface area contributed by atoms with Gasteiger partial charge in [-0.25, -0.2) is 9.59 Å². The minimum atomic E-state index is -1.04. The number of nitrogens with one attached hydrogen (secondary N) is 2. The Hall–Kier alpha value is -2.24. The molecule has 1 aromatic carbocycles. The summed E-state index contributed by atoms with van der Waals surface area (Å²) >= 11 is 0. The molecule has 0 spiro atoms. The van der Waals surface area contributed by atoms with E-state index in [9.17, 15) is 9.59 Å². The van der Waals surface area contributed by atoms with Crippen molar-refractivity contribution in [1.29, 1.82) is 0 Å². The maximum absolute atomic E-state index is 11.7. The summed E-state index contributed by atoms with van der Waals surface area (Å²) in [7, 11) is 1.57. The second-order valence-electron chi connectivity index (χ2n) is 4.74. The molecular weight excluding hydrogens is 260 g/mol. The first kappa shape index (κ1) is 15.8. The van der Waals surface area contributed by atoms with E-state index in [4.69, 9.17) is 9.84 Å². The molecule has 20 heavy (non-hydrogen) atoms. The Morgan fingerprint density at radius 3 is 2.60 bits per heavy atom. The summed E-state index contributed by atoms with van der Waals surface area (Å²) in [5, 5.41) is 14.0. The lowest BCUT2D eigenvalue weighted by Gasteiger charge is -2.18. The zero-order valence-electron chi connectivity index (χ0n) is 11.8. The van der Waals surface area contributed by atoms with Gasteiger partial charge < -0.3 is 20.5 Å². The second-order valence-corrected chi connectivity index (χ2v) is 4.74. The molecule has 110 valence electrons. The van der Waals surface area contributed by atoms with Crippen molar-refractivity contribution in [2.75, 3.05) is 7.11 Å². The summed E-state index contributed by atoms with van der Waals surface area (Å²) in [5.41, 5.74) is 0.871. The minimum absolute atomic E-state index is 0.185. The van der Waals surface area contributed by atoms with Crippen LogP contribution in [0.1, 0.15) is 19.4 Å². The fraction of sp³-hybridized carbons (Fsp3) is 0.429. The van der Waals surface area contributed by atoms with Crippen molar-refractivity contribution in [3.8, 4) is 5.75 Å². The first-order valence-corrected chi connectivity index (χ1v) is 6.34. The highest BCUT2D eigenvalue weighted by atomic mass is 16.5. The minimum Gasteiger partial charge on any atom is -0.497 e. The Morgan fingerprint density at radius 2 is 2.05 bits per heavy atom. The smallest absolute Gasteiger partial charge is 0.326 e. The number of carbonyl (C=O) groups excluding carboxylic acids is 1. The van der Waals surface area contributed by atoms with Crippen LogP contribution in [0.2, 0.25) is 0 Å². The molecule has 0 aromatic heterocycles. The predicted octanol–water partition coefficient (Wildman–Crippen LogP) is 1.60. The molecule has 1 aromatic rings. The van der Waals surface area contributed by atoms with Gasteiger partial charge in [-0.1, -0.05) is 26.0 Å². The summed E-state index contributed by atoms with van der Waals surface area (Å²) < 4.78 is 5.08. The van der Waals surface area contributed by atoms with Crippen molar-refractivity contribution in [1.82, 2.24) is 10.6 Å². The van der Waals surface area contributed by atoms with Gasteiger partial charge in [0, 0.05) is 6.54 Å². The number of ether oxygens (including phenoxy) is 1. The van der Waals surface area contributed by atoms with E-state index < -0.39 is 18.0 Å². The van der Waals surface area contributed by atoms with Crippen LogP contribution in [0.4, 0.5) is 4.79 Å². The molecule has 0 saturated heterocycles. The van der Waals surface area contributed by atoms with E-state index in [0.717, 1.165) is 5.56 Å². The number of urea groups is 1. The van der Waals surface area contributed by atoms with Gasteiger partial charge >= 0.3 is 12.0 Å². The van der Waals surface area contributed by atoms with Gasteiger partial charge in [-0.15, -0.1) is 0 Å². The van der Waals surface area contributed by atoms with Crippen molar-refractivity contribution in [3.63, 3.8) is 0 Å². The summed E-state index contributed by atoms with van der Waals surface area (Å²) in [5.74, 6) is -0.526. The van der Waals surface area contributed by atoms with Crippen LogP contribution in [0, 0.1) is 5.92 Å². The largest absolute Gasteiger partial charge is 0.497 e. The summed E-state index contributed by atoms with van der Waals surface area (Å²) in [4.78, 5) is 22.6. The quantitative estimate of drug-likeness (QED) is 0.738. The number of hydrogen-bond acceptors (Lipinski definition) is 3. The van der Waals surface area contributed by atoms with Gasteiger partial charge in [-0.3, -0.25) is 0 Å². The van der Waals surface area contributed by atoms with Crippen LogP contribution in [0.5, 0.6) is 5.75 Å². The van der Waals surface area contributed by atoms with Gasteiger partial charge in [0.05, 0.1) is 7.11 Å². The molecule has 0 fully saturated rings. The van der Waals surface area contributed by atoms with E-state index >= 15 is 0 Å². The second kappa shape index (κ2) is 7.37. The van der Waals surface area contributed by atoms with Crippen molar-refractivity contribution < 1.29 is 19.4 Å². The molecule has 0 heterocycles. The third-order valence-corrected chi connectivity index (χ3v) is 2.81. The van der Waals surface area contributed by atoms with Gasteiger partial charge in [0.25, 0.3) is 0 Å². The van der Waals surface area contributed by atoms with Crippen molar-refractivity contribution in [2.45, 2.75) is 26.4 Å². The molecule has 0 aliphatic rings. The van der Waals surface area contributed by atoms with Crippen LogP contribution < -0.4 is 15.4 Å². The molecule has 0 aliphatic heterocycles. The number of rotatable bonds is 6. The number of amides is 2. The van der Waals surface area contributed by atoms with Crippen LogP contribution in [0.25, 0.3) is 0 Å². The van der Waals surface area contributed by atoms with E-state index in [1.54, 1.807) is 27.0 Å². The van der Waals surface area contributed by atoms with E-state index in [2.05, 4.69) is 10.6 Å². The number of carboxylic acid groups (broad SMARTS) is 1. The van der Waals surface area contributed by atoms with E-state index in [-0.39, 0.29) is 5.92 Å². The molecule has 6 nitrogen and oxygen atoms in total. The van der Waals surface area contributed by atoms with Crippen molar-refractivity contribution in [2.24, 2.45) is 5.92 Å². The van der Waals surface area contributed by atoms with Gasteiger partial charge in [-0.05, 0) is 23.6 Å². The molecule has 3 N–H and O–H groups in total. The Labute approximate surface area is 118 Å². The monoisotopic (exact) mass is 280 g/mol. The number of benzene rings is 1. The van der Waals surface area contributed by atoms with E-state index in [1.807, 2.05) is 18.2 Å². The van der Waals surface area contributed by atoms with E-state index in [0.29, 0.717) is 12.3 Å². The average Bonchev–Trinajstić information content (AvgIpc) is 2.42. The van der Waals surface area contributed by atoms with Gasteiger partial charge in [0.1, 0.15) is 11.8 Å². The summed E-state index contributed by atoms with van der Waals surface area (Å²) in [6.07, 6.45) is 0. The normalized spacial score (nSPS) is 11.8. The van der Waals surface area contributed by atoms with Crippen LogP contribution in [-0.2, 0) is 11.3 Å². The van der Waals surface area contributed by atoms with Crippen LogP contribution in [0.15, 0.2) is 24.3 Å². The molecular formula is C14H20N2O4. The molecule has 2 amide bonds. The first-order valence-electron chi connectivity index (χ1n) is 6.34. The topological polar surface area (TPSA) is 87.7 Å². The maximum Gasteiger partial charge on any atom is 0.326 e. The maximum atomic E-state index is 11.7. The zero-order chi connectivity index (χ0) is 15.1. The predicted molar refractivity (Wildman–Crippen MR) is 74.6 cm³/mol. The summed E-state index contributed by atoms with van der Waals surface area (Å²) in [6, 6.07) is 5.87. The molecule has 0 saturated carbocycles. The molecule has 0 radical (unpaired) electrons. The van der Waals surface area contributed by atoms with Crippen LogP contribution >= 0.6 is 0 Å². The SMILES string of the molecule is COc1cccc(CNC(=O)N[C@@H](C(=O)O)C(C)C)c1. The average molecular weight is 280 g/mol. The molecule has 1 rings (SSSR count). The highest BCUT2D eigenvalue weighted by Gasteiger charge is 2.23. The number of hydrogen-bond donors (Lipinski definition) is 3. The third-order valence-electron chi connectivity index (χ3n) is 2.81. The fourth-order valence-corrected chi connectivity index (χ4v) is 1.67. The lowest BCUT2D eigenvalue weighted by atomic mass is 10.1. The van der Waals surface area contributed by atoms with Crippen LogP contribution in [-0.4, -0.2) is 30.3 Å². The third kappa shape index (κ3) is 4.79. The standard InChI is InChI=1S/C14H20N2O4/c1-9(2)12(13(17)18)16-14(19)15-8-10-5-4-6-11(7-10)20-3/h4-7,9,12H,8H2,1-3H3,(H,17,18)(H2,15,16,19)/t12-/m1/s1.